The fraction of sp³-hybridized carbons (Fsp3) is 0.192. The number of carbonyl (C=O) groups excluding carboxylic acids is 1. The molecule has 0 fully saturated rings. The van der Waals surface area contributed by atoms with Gasteiger partial charge in [0.15, 0.2) is 11.5 Å². The van der Waals surface area contributed by atoms with Crippen molar-refractivity contribution in [1.82, 2.24) is 14.5 Å². The molecule has 0 aliphatic carbocycles. The smallest absolute Gasteiger partial charge is 0.332 e. The van der Waals surface area contributed by atoms with Gasteiger partial charge in [0.25, 0.3) is 11.5 Å². The van der Waals surface area contributed by atoms with Gasteiger partial charge >= 0.3 is 5.69 Å². The molecule has 1 N–H and O–H groups in total. The van der Waals surface area contributed by atoms with Crippen molar-refractivity contribution in [3.63, 3.8) is 0 Å². The molecule has 0 atom stereocenters. The number of hydrogen-bond acceptors (Lipinski definition) is 5. The van der Waals surface area contributed by atoms with Crippen LogP contribution in [0, 0.1) is 5.82 Å². The second-order valence-corrected chi connectivity index (χ2v) is 7.89. The zero-order valence-electron chi connectivity index (χ0n) is 19.5. The molecule has 0 aliphatic heterocycles. The Morgan fingerprint density at radius 3 is 1.97 bits per heavy atom. The summed E-state index contributed by atoms with van der Waals surface area (Å²) in [6, 6.07) is 15.6. The van der Waals surface area contributed by atoms with Gasteiger partial charge in [-0.3, -0.25) is 18.7 Å². The quantitative estimate of drug-likeness (QED) is 0.442. The third-order valence-corrected chi connectivity index (χ3v) is 5.77. The predicted molar refractivity (Wildman–Crippen MR) is 130 cm³/mol. The summed E-state index contributed by atoms with van der Waals surface area (Å²) >= 11 is 0. The molecule has 4 aromatic rings. The van der Waals surface area contributed by atoms with E-state index in [0.717, 1.165) is 4.57 Å². The van der Waals surface area contributed by atoms with Crippen molar-refractivity contribution < 1.29 is 18.7 Å². The highest BCUT2D eigenvalue weighted by Crippen LogP contribution is 2.30. The highest BCUT2D eigenvalue weighted by Gasteiger charge is 2.18. The van der Waals surface area contributed by atoms with Gasteiger partial charge in [-0.1, -0.05) is 24.3 Å². The summed E-state index contributed by atoms with van der Waals surface area (Å²) in [5.41, 5.74) is 1.17. The van der Waals surface area contributed by atoms with Gasteiger partial charge in [0.1, 0.15) is 5.82 Å². The SMILES string of the molecule is CNC(=O)c1ccc(Cn2c(=O)c3cc(OC)c(OC)cc3n(Cc3ccc(F)cc3)c2=O)cc1. The van der Waals surface area contributed by atoms with Crippen LogP contribution < -0.4 is 26.0 Å². The molecule has 9 heteroatoms. The number of benzene rings is 3. The molecule has 4 rings (SSSR count). The van der Waals surface area contributed by atoms with Crippen molar-refractivity contribution >= 4 is 16.8 Å². The molecular formula is C26H24FN3O5. The molecule has 0 spiro atoms. The van der Waals surface area contributed by atoms with Crippen LogP contribution in [-0.2, 0) is 13.1 Å². The molecule has 0 bridgehead atoms. The van der Waals surface area contributed by atoms with Gasteiger partial charge in [0.2, 0.25) is 0 Å². The fourth-order valence-corrected chi connectivity index (χ4v) is 3.90. The summed E-state index contributed by atoms with van der Waals surface area (Å²) in [5.74, 6) is 0.101. The number of rotatable bonds is 7. The molecular weight excluding hydrogens is 453 g/mol. The molecule has 0 saturated heterocycles. The van der Waals surface area contributed by atoms with Crippen LogP contribution >= 0.6 is 0 Å². The Morgan fingerprint density at radius 1 is 0.857 bits per heavy atom. The average Bonchev–Trinajstić information content (AvgIpc) is 2.89. The van der Waals surface area contributed by atoms with Crippen LogP contribution in [0.25, 0.3) is 10.9 Å². The number of amides is 1. The molecule has 1 aromatic heterocycles. The zero-order valence-corrected chi connectivity index (χ0v) is 19.5. The Labute approximate surface area is 200 Å². The molecule has 0 radical (unpaired) electrons. The summed E-state index contributed by atoms with van der Waals surface area (Å²) in [6.07, 6.45) is 0. The van der Waals surface area contributed by atoms with Gasteiger partial charge in [-0.15, -0.1) is 0 Å². The maximum absolute atomic E-state index is 13.6. The lowest BCUT2D eigenvalue weighted by Gasteiger charge is -2.17. The van der Waals surface area contributed by atoms with Gasteiger partial charge in [-0.25, -0.2) is 9.18 Å². The normalized spacial score (nSPS) is 10.9. The number of carbonyl (C=O) groups is 1. The predicted octanol–water partition coefficient (Wildman–Crippen LogP) is 2.78. The largest absolute Gasteiger partial charge is 0.493 e. The first-order valence-corrected chi connectivity index (χ1v) is 10.8. The molecule has 1 amide bonds. The number of fused-ring (bicyclic) bond motifs is 1. The van der Waals surface area contributed by atoms with Gasteiger partial charge < -0.3 is 14.8 Å². The average molecular weight is 477 g/mol. The van der Waals surface area contributed by atoms with Crippen molar-refractivity contribution in [3.8, 4) is 11.5 Å². The van der Waals surface area contributed by atoms with E-state index in [-0.39, 0.29) is 30.2 Å². The van der Waals surface area contributed by atoms with E-state index in [1.54, 1.807) is 48.5 Å². The van der Waals surface area contributed by atoms with E-state index in [1.807, 2.05) is 0 Å². The van der Waals surface area contributed by atoms with Gasteiger partial charge in [0.05, 0.1) is 38.2 Å². The lowest BCUT2D eigenvalue weighted by molar-refractivity contribution is 0.0963. The van der Waals surface area contributed by atoms with Gasteiger partial charge in [-0.2, -0.15) is 0 Å². The van der Waals surface area contributed by atoms with E-state index in [1.165, 1.54) is 38.0 Å². The first-order valence-electron chi connectivity index (χ1n) is 10.8. The first-order chi connectivity index (χ1) is 16.9. The summed E-state index contributed by atoms with van der Waals surface area (Å²) in [4.78, 5) is 38.8. The lowest BCUT2D eigenvalue weighted by Crippen LogP contribution is -2.40. The maximum atomic E-state index is 13.6. The molecule has 0 saturated carbocycles. The Morgan fingerprint density at radius 2 is 1.40 bits per heavy atom. The monoisotopic (exact) mass is 477 g/mol. The highest BCUT2D eigenvalue weighted by atomic mass is 19.1. The van der Waals surface area contributed by atoms with Crippen molar-refractivity contribution in [2.75, 3.05) is 21.3 Å². The van der Waals surface area contributed by atoms with E-state index in [4.69, 9.17) is 9.47 Å². The zero-order chi connectivity index (χ0) is 25.1. The van der Waals surface area contributed by atoms with Crippen molar-refractivity contribution in [2.24, 2.45) is 0 Å². The minimum atomic E-state index is -0.533. The van der Waals surface area contributed by atoms with E-state index in [0.29, 0.717) is 33.7 Å². The molecule has 180 valence electrons. The number of aromatic nitrogens is 2. The van der Waals surface area contributed by atoms with E-state index in [9.17, 15) is 18.8 Å². The molecule has 8 nitrogen and oxygen atoms in total. The minimum Gasteiger partial charge on any atom is -0.493 e. The van der Waals surface area contributed by atoms with E-state index >= 15 is 0 Å². The number of nitrogens with one attached hydrogen (secondary N) is 1. The summed E-state index contributed by atoms with van der Waals surface area (Å²) in [5, 5.41) is 2.82. The Hall–Kier alpha value is -4.40. The van der Waals surface area contributed by atoms with Gasteiger partial charge in [0, 0.05) is 18.7 Å². The van der Waals surface area contributed by atoms with Crippen LogP contribution in [0.4, 0.5) is 4.39 Å². The standard InChI is InChI=1S/C26H24FN3O5/c1-28-24(31)18-8-4-16(5-9-18)15-30-25(32)20-12-22(34-2)23(35-3)13-21(20)29(26(30)33)14-17-6-10-19(27)11-7-17/h4-13H,14-15H2,1-3H3,(H,28,31). The van der Waals surface area contributed by atoms with E-state index in [2.05, 4.69) is 5.32 Å². The van der Waals surface area contributed by atoms with Crippen molar-refractivity contribution in [3.05, 3.63) is 104 Å². The molecule has 1 heterocycles. The third kappa shape index (κ3) is 4.65. The lowest BCUT2D eigenvalue weighted by atomic mass is 10.1. The van der Waals surface area contributed by atoms with Crippen LogP contribution in [0.15, 0.2) is 70.3 Å². The van der Waals surface area contributed by atoms with Crippen LogP contribution in [0.2, 0.25) is 0 Å². The molecule has 0 aliphatic rings. The second-order valence-electron chi connectivity index (χ2n) is 7.89. The van der Waals surface area contributed by atoms with Crippen LogP contribution in [0.1, 0.15) is 21.5 Å². The Balaban J connectivity index is 1.90. The Kier molecular flexibility index (Phi) is 6.68. The number of halogens is 1. The fourth-order valence-electron chi connectivity index (χ4n) is 3.90. The maximum Gasteiger partial charge on any atom is 0.332 e. The Bertz CT molecular complexity index is 1510. The van der Waals surface area contributed by atoms with Gasteiger partial charge in [-0.05, 0) is 41.5 Å². The van der Waals surface area contributed by atoms with Crippen LogP contribution in [-0.4, -0.2) is 36.3 Å². The van der Waals surface area contributed by atoms with E-state index < -0.39 is 11.2 Å². The first kappa shape index (κ1) is 23.7. The molecule has 0 unspecified atom stereocenters. The summed E-state index contributed by atoms with van der Waals surface area (Å²) < 4.78 is 26.8. The number of nitrogens with zero attached hydrogens (tertiary/aromatic N) is 2. The highest BCUT2D eigenvalue weighted by molar-refractivity contribution is 5.93. The second kappa shape index (κ2) is 9.84. The number of ether oxygens (including phenoxy) is 2. The summed E-state index contributed by atoms with van der Waals surface area (Å²) in [6.45, 7) is 0.111. The topological polar surface area (TPSA) is 91.6 Å². The molecule has 35 heavy (non-hydrogen) atoms. The number of hydrogen-bond donors (Lipinski definition) is 1. The number of methoxy groups -OCH3 is 2. The van der Waals surface area contributed by atoms with Crippen LogP contribution in [0.5, 0.6) is 11.5 Å². The van der Waals surface area contributed by atoms with Crippen molar-refractivity contribution in [1.29, 1.82) is 0 Å². The van der Waals surface area contributed by atoms with Crippen LogP contribution in [0.3, 0.4) is 0 Å². The third-order valence-electron chi connectivity index (χ3n) is 5.77. The molecule has 3 aromatic carbocycles. The summed E-state index contributed by atoms with van der Waals surface area (Å²) in [7, 11) is 4.47. The minimum absolute atomic E-state index is 0.000602. The van der Waals surface area contributed by atoms with Crippen molar-refractivity contribution in [2.45, 2.75) is 13.1 Å².